The van der Waals surface area contributed by atoms with Gasteiger partial charge in [0.05, 0.1) is 5.52 Å². The summed E-state index contributed by atoms with van der Waals surface area (Å²) in [5.74, 6) is 0. The fraction of sp³-hybridized carbons (Fsp3) is 0.105. The number of hydrogen-bond acceptors (Lipinski definition) is 1. The van der Waals surface area contributed by atoms with E-state index in [0.29, 0.717) is 0 Å². The summed E-state index contributed by atoms with van der Waals surface area (Å²) < 4.78 is 0. The largest absolute Gasteiger partial charge is 0.256 e. The molecule has 3 aromatic carbocycles. The Bertz CT molecular complexity index is 979. The summed E-state index contributed by atoms with van der Waals surface area (Å²) in [6.45, 7) is 4.93. The van der Waals surface area contributed by atoms with Gasteiger partial charge in [0.15, 0.2) is 0 Å². The lowest BCUT2D eigenvalue weighted by molar-refractivity contribution is 1.43. The molecular formula is C19H15NSi. The Morgan fingerprint density at radius 2 is 1.33 bits per heavy atom. The fourth-order valence-corrected chi connectivity index (χ4v) is 7.17. The van der Waals surface area contributed by atoms with Gasteiger partial charge in [0.25, 0.3) is 0 Å². The summed E-state index contributed by atoms with van der Waals surface area (Å²) in [5, 5.41) is 10.1. The van der Waals surface area contributed by atoms with Crippen molar-refractivity contribution in [2.45, 2.75) is 13.1 Å². The third-order valence-corrected chi connectivity index (χ3v) is 8.61. The predicted molar refractivity (Wildman–Crippen MR) is 93.5 cm³/mol. The van der Waals surface area contributed by atoms with Gasteiger partial charge in [-0.05, 0) is 32.6 Å². The highest BCUT2D eigenvalue weighted by atomic mass is 28.3. The highest BCUT2D eigenvalue weighted by Crippen LogP contribution is 2.36. The Morgan fingerprint density at radius 1 is 0.714 bits per heavy atom. The molecule has 0 saturated heterocycles. The normalized spacial score (nSPS) is 15.5. The highest BCUT2D eigenvalue weighted by molar-refractivity contribution is 7.05. The van der Waals surface area contributed by atoms with Crippen molar-refractivity contribution >= 4 is 50.9 Å². The maximum Gasteiger partial charge on any atom is 0.113 e. The van der Waals surface area contributed by atoms with Crippen LogP contribution in [0, 0.1) is 0 Å². The molecule has 2 heteroatoms. The second-order valence-electron chi connectivity index (χ2n) is 6.48. The zero-order valence-electron chi connectivity index (χ0n) is 12.1. The van der Waals surface area contributed by atoms with Crippen LogP contribution >= 0.6 is 0 Å². The van der Waals surface area contributed by atoms with E-state index in [4.69, 9.17) is 0 Å². The van der Waals surface area contributed by atoms with E-state index in [2.05, 4.69) is 60.5 Å². The summed E-state index contributed by atoms with van der Waals surface area (Å²) in [7, 11) is -1.57. The summed E-state index contributed by atoms with van der Waals surface area (Å²) in [4.78, 5) is 4.69. The maximum atomic E-state index is 4.69. The Hall–Kier alpha value is -2.19. The lowest BCUT2D eigenvalue weighted by Crippen LogP contribution is -2.49. The first-order chi connectivity index (χ1) is 10.2. The van der Waals surface area contributed by atoms with Gasteiger partial charge >= 0.3 is 0 Å². The summed E-state index contributed by atoms with van der Waals surface area (Å²) in [6, 6.07) is 17.9. The molecule has 100 valence electrons. The number of hydrogen-bond donors (Lipinski definition) is 0. The van der Waals surface area contributed by atoms with Crippen LogP contribution in [0.4, 0.5) is 0 Å². The van der Waals surface area contributed by atoms with Crippen LogP contribution < -0.4 is 10.4 Å². The maximum absolute atomic E-state index is 4.69. The zero-order valence-corrected chi connectivity index (χ0v) is 13.1. The monoisotopic (exact) mass is 285 g/mol. The van der Waals surface area contributed by atoms with Crippen molar-refractivity contribution in [3.8, 4) is 0 Å². The lowest BCUT2D eigenvalue weighted by atomic mass is 9.97. The number of benzene rings is 3. The Balaban J connectivity index is 2.26. The molecule has 0 atom stereocenters. The van der Waals surface area contributed by atoms with Crippen LogP contribution in [0.5, 0.6) is 0 Å². The van der Waals surface area contributed by atoms with Gasteiger partial charge in [-0.25, -0.2) is 0 Å². The standard InChI is InChI=1S/C19H15NSi/c1-21(2)15-9-3-6-12-13-8-5-11-20-19(13)14-7-4-10-16(21)18(14)17(12)15/h3-11H,1-2H3. The van der Waals surface area contributed by atoms with E-state index >= 15 is 0 Å². The van der Waals surface area contributed by atoms with Crippen molar-refractivity contribution in [3.63, 3.8) is 0 Å². The molecule has 1 aliphatic rings. The first kappa shape index (κ1) is 11.5. The van der Waals surface area contributed by atoms with Gasteiger partial charge in [-0.1, -0.05) is 55.6 Å². The number of aromatic nitrogens is 1. The molecule has 1 aliphatic heterocycles. The van der Waals surface area contributed by atoms with Gasteiger partial charge in [-0.15, -0.1) is 0 Å². The van der Waals surface area contributed by atoms with Gasteiger partial charge in [0.2, 0.25) is 0 Å². The van der Waals surface area contributed by atoms with Crippen molar-refractivity contribution < 1.29 is 0 Å². The lowest BCUT2D eigenvalue weighted by Gasteiger charge is -2.18. The molecule has 0 N–H and O–H groups in total. The Kier molecular flexibility index (Phi) is 1.92. The molecule has 0 saturated carbocycles. The quantitative estimate of drug-likeness (QED) is 0.355. The first-order valence-corrected chi connectivity index (χ1v) is 10.4. The Labute approximate surface area is 124 Å². The molecule has 0 amide bonds. The molecule has 1 nitrogen and oxygen atoms in total. The third kappa shape index (κ3) is 1.20. The molecule has 0 aliphatic carbocycles. The van der Waals surface area contributed by atoms with Gasteiger partial charge in [-0.2, -0.15) is 0 Å². The van der Waals surface area contributed by atoms with Crippen molar-refractivity contribution in [3.05, 3.63) is 54.7 Å². The highest BCUT2D eigenvalue weighted by Gasteiger charge is 2.36. The van der Waals surface area contributed by atoms with Gasteiger partial charge in [-0.3, -0.25) is 4.98 Å². The third-order valence-electron chi connectivity index (χ3n) is 5.08. The second kappa shape index (κ2) is 3.52. The van der Waals surface area contributed by atoms with E-state index < -0.39 is 8.07 Å². The SMILES string of the molecule is C[Si]1(C)c2cccc3c4cccnc4c4cccc1c4c23. The molecule has 5 rings (SSSR count). The average molecular weight is 285 g/mol. The minimum absolute atomic E-state index is 1.14. The minimum Gasteiger partial charge on any atom is -0.256 e. The number of fused-ring (bicyclic) bond motifs is 3. The predicted octanol–water partition coefficient (Wildman–Crippen LogP) is 3.68. The Morgan fingerprint density at radius 3 is 2.10 bits per heavy atom. The minimum atomic E-state index is -1.57. The molecule has 4 aromatic rings. The van der Waals surface area contributed by atoms with Crippen LogP contribution in [0.1, 0.15) is 0 Å². The molecule has 0 radical (unpaired) electrons. The fourth-order valence-electron chi connectivity index (χ4n) is 4.09. The van der Waals surface area contributed by atoms with Crippen molar-refractivity contribution in [2.24, 2.45) is 0 Å². The molecular weight excluding hydrogens is 270 g/mol. The van der Waals surface area contributed by atoms with E-state index in [1.165, 1.54) is 26.9 Å². The molecule has 0 unspecified atom stereocenters. The van der Waals surface area contributed by atoms with Gasteiger partial charge in [0, 0.05) is 17.0 Å². The van der Waals surface area contributed by atoms with Crippen LogP contribution in [0.25, 0.3) is 32.4 Å². The topological polar surface area (TPSA) is 12.9 Å². The molecule has 0 spiro atoms. The van der Waals surface area contributed by atoms with Crippen LogP contribution in [-0.4, -0.2) is 13.1 Å². The first-order valence-electron chi connectivity index (χ1n) is 7.43. The summed E-state index contributed by atoms with van der Waals surface area (Å²) in [6.07, 6.45) is 1.91. The molecule has 21 heavy (non-hydrogen) atoms. The van der Waals surface area contributed by atoms with Crippen molar-refractivity contribution in [1.82, 2.24) is 4.98 Å². The van der Waals surface area contributed by atoms with Gasteiger partial charge < -0.3 is 0 Å². The molecule has 1 aromatic heterocycles. The van der Waals surface area contributed by atoms with E-state index in [9.17, 15) is 0 Å². The van der Waals surface area contributed by atoms with E-state index in [1.54, 1.807) is 10.4 Å². The second-order valence-corrected chi connectivity index (χ2v) is 10.8. The molecule has 0 fully saturated rings. The number of nitrogens with zero attached hydrogens (tertiary/aromatic N) is 1. The van der Waals surface area contributed by atoms with Crippen LogP contribution in [0.2, 0.25) is 13.1 Å². The van der Waals surface area contributed by atoms with E-state index in [-0.39, 0.29) is 0 Å². The number of rotatable bonds is 0. The van der Waals surface area contributed by atoms with Gasteiger partial charge in [0.1, 0.15) is 8.07 Å². The van der Waals surface area contributed by atoms with E-state index in [0.717, 1.165) is 5.52 Å². The smallest absolute Gasteiger partial charge is 0.113 e. The number of pyridine rings is 1. The zero-order chi connectivity index (χ0) is 14.2. The van der Waals surface area contributed by atoms with Crippen molar-refractivity contribution in [2.75, 3.05) is 0 Å². The molecule has 0 bridgehead atoms. The van der Waals surface area contributed by atoms with Crippen LogP contribution in [0.15, 0.2) is 54.7 Å². The summed E-state index contributed by atoms with van der Waals surface area (Å²) in [5.41, 5.74) is 1.14. The average Bonchev–Trinajstić information content (AvgIpc) is 2.76. The summed E-state index contributed by atoms with van der Waals surface area (Å²) >= 11 is 0. The molecule has 2 heterocycles. The van der Waals surface area contributed by atoms with Crippen LogP contribution in [0.3, 0.4) is 0 Å². The van der Waals surface area contributed by atoms with E-state index in [1.807, 2.05) is 12.3 Å². The van der Waals surface area contributed by atoms with Crippen LogP contribution in [-0.2, 0) is 0 Å². The van der Waals surface area contributed by atoms with Crippen molar-refractivity contribution in [1.29, 1.82) is 0 Å².